The van der Waals surface area contributed by atoms with Gasteiger partial charge in [-0.05, 0) is 23.3 Å². The van der Waals surface area contributed by atoms with Crippen LogP contribution in [0.5, 0.6) is 11.5 Å². The molecule has 0 fully saturated rings. The summed E-state index contributed by atoms with van der Waals surface area (Å²) in [6.07, 6.45) is 0.841. The van der Waals surface area contributed by atoms with Gasteiger partial charge in [-0.15, -0.1) is 5.92 Å². The number of rotatable bonds is 4. The lowest BCUT2D eigenvalue weighted by Crippen LogP contribution is -1.97. The number of methoxy groups -OCH3 is 1. The SMILES string of the molecule is CCC#CCOc1ccc(-c2ccccc2)cc1OC. The summed E-state index contributed by atoms with van der Waals surface area (Å²) in [6, 6.07) is 16.1. The van der Waals surface area contributed by atoms with Gasteiger partial charge in [-0.2, -0.15) is 0 Å². The molecule has 0 saturated carbocycles. The number of hydrogen-bond acceptors (Lipinski definition) is 2. The Hall–Kier alpha value is -2.40. The third-order valence-electron chi connectivity index (χ3n) is 2.87. The highest BCUT2D eigenvalue weighted by molar-refractivity contribution is 5.67. The van der Waals surface area contributed by atoms with E-state index in [2.05, 4.69) is 24.0 Å². The van der Waals surface area contributed by atoms with Crippen LogP contribution in [-0.2, 0) is 0 Å². The largest absolute Gasteiger partial charge is 0.493 e. The molecule has 0 spiro atoms. The molecule has 2 rings (SSSR count). The van der Waals surface area contributed by atoms with Crippen molar-refractivity contribution >= 4 is 0 Å². The average Bonchev–Trinajstić information content (AvgIpc) is 2.52. The normalized spacial score (nSPS) is 9.50. The molecule has 20 heavy (non-hydrogen) atoms. The molecular weight excluding hydrogens is 248 g/mol. The van der Waals surface area contributed by atoms with Crippen molar-refractivity contribution in [1.82, 2.24) is 0 Å². The molecule has 0 aromatic heterocycles. The predicted octanol–water partition coefficient (Wildman–Crippen LogP) is 4.15. The second-order valence-corrected chi connectivity index (χ2v) is 4.23. The van der Waals surface area contributed by atoms with Crippen LogP contribution in [0.1, 0.15) is 13.3 Å². The zero-order valence-corrected chi connectivity index (χ0v) is 11.8. The highest BCUT2D eigenvalue weighted by atomic mass is 16.5. The lowest BCUT2D eigenvalue weighted by molar-refractivity contribution is 0.331. The van der Waals surface area contributed by atoms with Crippen LogP contribution in [0.15, 0.2) is 48.5 Å². The van der Waals surface area contributed by atoms with Crippen molar-refractivity contribution in [2.45, 2.75) is 13.3 Å². The van der Waals surface area contributed by atoms with E-state index in [9.17, 15) is 0 Å². The molecule has 0 amide bonds. The third-order valence-corrected chi connectivity index (χ3v) is 2.87. The fourth-order valence-electron chi connectivity index (χ4n) is 1.89. The third kappa shape index (κ3) is 3.55. The summed E-state index contributed by atoms with van der Waals surface area (Å²) in [5, 5.41) is 0. The first kappa shape index (κ1) is 14.0. The van der Waals surface area contributed by atoms with Crippen molar-refractivity contribution in [2.24, 2.45) is 0 Å². The van der Waals surface area contributed by atoms with Crippen LogP contribution in [0.2, 0.25) is 0 Å². The molecule has 0 bridgehead atoms. The standard InChI is InChI=1S/C18H18O2/c1-3-4-8-13-20-17-12-11-16(14-18(17)19-2)15-9-6-5-7-10-15/h5-7,9-12,14H,3,13H2,1-2H3. The molecule has 2 heteroatoms. The first-order valence-electron chi connectivity index (χ1n) is 6.67. The van der Waals surface area contributed by atoms with Crippen LogP contribution in [0, 0.1) is 11.8 Å². The van der Waals surface area contributed by atoms with Crippen LogP contribution in [-0.4, -0.2) is 13.7 Å². The molecule has 0 N–H and O–H groups in total. The molecule has 0 aliphatic rings. The minimum atomic E-state index is 0.384. The second-order valence-electron chi connectivity index (χ2n) is 4.23. The number of ether oxygens (including phenoxy) is 2. The maximum absolute atomic E-state index is 5.62. The Kier molecular flexibility index (Phi) is 5.08. The van der Waals surface area contributed by atoms with E-state index < -0.39 is 0 Å². The van der Waals surface area contributed by atoms with Gasteiger partial charge in [0.05, 0.1) is 7.11 Å². The van der Waals surface area contributed by atoms with Gasteiger partial charge in [0.25, 0.3) is 0 Å². The van der Waals surface area contributed by atoms with Crippen LogP contribution in [0.3, 0.4) is 0 Å². The van der Waals surface area contributed by atoms with Gasteiger partial charge in [0.1, 0.15) is 6.61 Å². The van der Waals surface area contributed by atoms with Gasteiger partial charge < -0.3 is 9.47 Å². The van der Waals surface area contributed by atoms with Crippen molar-refractivity contribution in [3.8, 4) is 34.5 Å². The maximum atomic E-state index is 5.62. The smallest absolute Gasteiger partial charge is 0.162 e. The molecule has 0 heterocycles. The Labute approximate surface area is 120 Å². The fourth-order valence-corrected chi connectivity index (χ4v) is 1.89. The molecule has 2 aromatic carbocycles. The molecule has 0 saturated heterocycles. The van der Waals surface area contributed by atoms with Crippen molar-refractivity contribution in [3.05, 3.63) is 48.5 Å². The molecule has 0 unspecified atom stereocenters. The van der Waals surface area contributed by atoms with Gasteiger partial charge in [-0.3, -0.25) is 0 Å². The lowest BCUT2D eigenvalue weighted by atomic mass is 10.1. The molecule has 0 aliphatic carbocycles. The topological polar surface area (TPSA) is 18.5 Å². The van der Waals surface area contributed by atoms with E-state index >= 15 is 0 Å². The van der Waals surface area contributed by atoms with Crippen molar-refractivity contribution in [1.29, 1.82) is 0 Å². The Bertz CT molecular complexity index is 606. The highest BCUT2D eigenvalue weighted by Gasteiger charge is 2.06. The average molecular weight is 266 g/mol. The van der Waals surface area contributed by atoms with E-state index in [0.717, 1.165) is 29.0 Å². The van der Waals surface area contributed by atoms with Crippen molar-refractivity contribution in [3.63, 3.8) is 0 Å². The monoisotopic (exact) mass is 266 g/mol. The maximum Gasteiger partial charge on any atom is 0.162 e. The molecule has 102 valence electrons. The highest BCUT2D eigenvalue weighted by Crippen LogP contribution is 2.32. The first-order chi connectivity index (χ1) is 9.85. The Morgan fingerprint density at radius 2 is 1.70 bits per heavy atom. The number of hydrogen-bond donors (Lipinski definition) is 0. The van der Waals surface area contributed by atoms with E-state index in [4.69, 9.17) is 9.47 Å². The number of benzene rings is 2. The first-order valence-corrected chi connectivity index (χ1v) is 6.67. The molecule has 0 radical (unpaired) electrons. The van der Waals surface area contributed by atoms with E-state index in [-0.39, 0.29) is 0 Å². The van der Waals surface area contributed by atoms with Crippen LogP contribution in [0.25, 0.3) is 11.1 Å². The summed E-state index contributed by atoms with van der Waals surface area (Å²) in [6.45, 7) is 2.40. The van der Waals surface area contributed by atoms with Crippen molar-refractivity contribution < 1.29 is 9.47 Å². The Morgan fingerprint density at radius 3 is 2.40 bits per heavy atom. The second kappa shape index (κ2) is 7.25. The zero-order chi connectivity index (χ0) is 14.2. The Morgan fingerprint density at radius 1 is 0.900 bits per heavy atom. The zero-order valence-electron chi connectivity index (χ0n) is 11.8. The van der Waals surface area contributed by atoms with Crippen molar-refractivity contribution in [2.75, 3.05) is 13.7 Å². The fraction of sp³-hybridized carbons (Fsp3) is 0.222. The van der Waals surface area contributed by atoms with Gasteiger partial charge in [0, 0.05) is 6.42 Å². The predicted molar refractivity (Wildman–Crippen MR) is 82.0 cm³/mol. The van der Waals surface area contributed by atoms with Gasteiger partial charge in [-0.25, -0.2) is 0 Å². The summed E-state index contributed by atoms with van der Waals surface area (Å²) >= 11 is 0. The summed E-state index contributed by atoms with van der Waals surface area (Å²) in [4.78, 5) is 0. The molecule has 0 atom stereocenters. The van der Waals surface area contributed by atoms with Crippen LogP contribution in [0.4, 0.5) is 0 Å². The van der Waals surface area contributed by atoms with Gasteiger partial charge in [0.2, 0.25) is 0 Å². The van der Waals surface area contributed by atoms with Crippen LogP contribution >= 0.6 is 0 Å². The van der Waals surface area contributed by atoms with E-state index in [1.807, 2.05) is 43.3 Å². The van der Waals surface area contributed by atoms with Gasteiger partial charge in [-0.1, -0.05) is 49.2 Å². The summed E-state index contributed by atoms with van der Waals surface area (Å²) < 4.78 is 11.0. The van der Waals surface area contributed by atoms with E-state index in [1.165, 1.54) is 0 Å². The van der Waals surface area contributed by atoms with Crippen LogP contribution < -0.4 is 9.47 Å². The Balaban J connectivity index is 2.20. The summed E-state index contributed by atoms with van der Waals surface area (Å²) in [5.74, 6) is 7.38. The van der Waals surface area contributed by atoms with Gasteiger partial charge >= 0.3 is 0 Å². The minimum absolute atomic E-state index is 0.384. The minimum Gasteiger partial charge on any atom is -0.493 e. The summed E-state index contributed by atoms with van der Waals surface area (Å²) in [7, 11) is 1.65. The quantitative estimate of drug-likeness (QED) is 0.774. The summed E-state index contributed by atoms with van der Waals surface area (Å²) in [5.41, 5.74) is 2.26. The molecule has 0 aliphatic heterocycles. The molecular formula is C18H18O2. The lowest BCUT2D eigenvalue weighted by Gasteiger charge is -2.10. The van der Waals surface area contributed by atoms with Gasteiger partial charge in [0.15, 0.2) is 11.5 Å². The van der Waals surface area contributed by atoms with E-state index in [0.29, 0.717) is 6.61 Å². The molecule has 2 nitrogen and oxygen atoms in total. The van der Waals surface area contributed by atoms with E-state index in [1.54, 1.807) is 7.11 Å². The molecule has 2 aromatic rings.